The van der Waals surface area contributed by atoms with E-state index in [1.165, 1.54) is 18.2 Å². The van der Waals surface area contributed by atoms with Crippen molar-refractivity contribution in [2.24, 2.45) is 23.5 Å². The number of hydrogen-bond acceptors (Lipinski definition) is 10. The van der Waals surface area contributed by atoms with E-state index in [1.54, 1.807) is 30.5 Å². The molecule has 0 bridgehead atoms. The first-order valence-electron chi connectivity index (χ1n) is 22.8. The number of pyridine rings is 1. The maximum Gasteiger partial charge on any atom is 0.262 e. The van der Waals surface area contributed by atoms with Crippen LogP contribution in [0.15, 0.2) is 60.8 Å². The van der Waals surface area contributed by atoms with Crippen LogP contribution in [0.25, 0.3) is 10.8 Å². The van der Waals surface area contributed by atoms with E-state index < -0.39 is 59.6 Å². The van der Waals surface area contributed by atoms with Crippen molar-refractivity contribution in [1.82, 2.24) is 25.4 Å². The summed E-state index contributed by atoms with van der Waals surface area (Å²) in [6.07, 6.45) is 6.89. The zero-order chi connectivity index (χ0) is 46.6. The van der Waals surface area contributed by atoms with E-state index in [0.717, 1.165) is 62.1 Å². The Morgan fingerprint density at radius 3 is 2.42 bits per heavy atom. The largest absolute Gasteiger partial charge is 0.496 e. The number of amides is 6. The van der Waals surface area contributed by atoms with Gasteiger partial charge < -0.3 is 25.4 Å². The molecular weight excluding hydrogens is 844 g/mol. The van der Waals surface area contributed by atoms with Crippen molar-refractivity contribution in [3.05, 3.63) is 99.7 Å². The Hall–Kier alpha value is -6.66. The van der Waals surface area contributed by atoms with Crippen molar-refractivity contribution >= 4 is 46.2 Å². The standard InChI is InChI=1S/C51H55FN6O8/c1-4-35-40(55-48(62)45(35)52)28-66-49-38-24-42(65-3)39(46(53)60)23-37(38)34(25-54-49)20-19-30-13-17-32(18-14-30)27-57(2)26-31-15-11-29(12-16-31)7-5-8-33-9-6-10-36-44(33)51(64)58(50(36)63)41-21-22-43(59)56-47(41)61/h6,9-12,15-16,23-25,30,32,35,40-41,45H,4-5,7-8,13-14,17-18,21-22,26-28H2,1-3H3,(H2,53,60)(H,55,62)(H,56,59,61)/t30?,32?,35-,40+,41?,45-/m0/s1. The molecule has 2 saturated heterocycles. The van der Waals surface area contributed by atoms with E-state index in [1.807, 2.05) is 13.0 Å². The predicted molar refractivity (Wildman–Crippen MR) is 243 cm³/mol. The van der Waals surface area contributed by atoms with E-state index in [9.17, 15) is 33.2 Å². The molecule has 0 radical (unpaired) electrons. The van der Waals surface area contributed by atoms with E-state index in [2.05, 4.69) is 63.7 Å². The Morgan fingerprint density at radius 1 is 0.955 bits per heavy atom. The number of nitrogens with zero attached hydrogens (tertiary/aromatic N) is 3. The van der Waals surface area contributed by atoms with Crippen LogP contribution < -0.4 is 25.8 Å². The van der Waals surface area contributed by atoms with Crippen molar-refractivity contribution in [2.45, 2.75) is 95.9 Å². The fourth-order valence-electron chi connectivity index (χ4n) is 9.98. The number of aromatic nitrogens is 1. The maximum atomic E-state index is 14.5. The summed E-state index contributed by atoms with van der Waals surface area (Å²) in [5.41, 5.74) is 10.4. The van der Waals surface area contributed by atoms with Gasteiger partial charge in [-0.25, -0.2) is 9.37 Å². The molecule has 3 aromatic carbocycles. The molecule has 8 rings (SSSR count). The molecule has 0 spiro atoms. The lowest BCUT2D eigenvalue weighted by Gasteiger charge is -2.29. The minimum absolute atomic E-state index is 0.0241. The smallest absolute Gasteiger partial charge is 0.262 e. The van der Waals surface area contributed by atoms with E-state index in [4.69, 9.17) is 15.2 Å². The Morgan fingerprint density at radius 2 is 1.71 bits per heavy atom. The number of carbonyl (C=O) groups excluding carboxylic acids is 6. The highest BCUT2D eigenvalue weighted by atomic mass is 19.1. The van der Waals surface area contributed by atoms with Crippen molar-refractivity contribution in [2.75, 3.05) is 27.3 Å². The normalized spacial score (nSPS) is 22.8. The highest BCUT2D eigenvalue weighted by Crippen LogP contribution is 2.35. The van der Waals surface area contributed by atoms with E-state index >= 15 is 0 Å². The van der Waals surface area contributed by atoms with Gasteiger partial charge in [0.15, 0.2) is 6.17 Å². The van der Waals surface area contributed by atoms with Gasteiger partial charge >= 0.3 is 0 Å². The van der Waals surface area contributed by atoms with Crippen LogP contribution in [0.2, 0.25) is 0 Å². The Labute approximate surface area is 383 Å². The molecule has 4 N–H and O–H groups in total. The number of alkyl halides is 1. The van der Waals surface area contributed by atoms with Crippen LogP contribution >= 0.6 is 0 Å². The number of aryl methyl sites for hydroxylation is 2. The summed E-state index contributed by atoms with van der Waals surface area (Å²) in [5, 5.41) is 6.12. The molecule has 66 heavy (non-hydrogen) atoms. The fraction of sp³-hybridized carbons (Fsp3) is 0.431. The Bertz CT molecular complexity index is 2630. The third-order valence-corrected chi connectivity index (χ3v) is 13.5. The number of piperidine rings is 1. The molecular formula is C51H55FN6O8. The Balaban J connectivity index is 0.825. The zero-order valence-electron chi connectivity index (χ0n) is 37.5. The van der Waals surface area contributed by atoms with Crippen molar-refractivity contribution in [1.29, 1.82) is 0 Å². The minimum Gasteiger partial charge on any atom is -0.496 e. The predicted octanol–water partition coefficient (Wildman–Crippen LogP) is 5.45. The van der Waals surface area contributed by atoms with Gasteiger partial charge in [0.1, 0.15) is 18.4 Å². The molecule has 1 unspecified atom stereocenters. The number of primary amides is 1. The van der Waals surface area contributed by atoms with Crippen molar-refractivity contribution in [3.8, 4) is 23.5 Å². The third kappa shape index (κ3) is 9.65. The maximum absolute atomic E-state index is 14.5. The fourth-order valence-corrected chi connectivity index (χ4v) is 9.98. The van der Waals surface area contributed by atoms with E-state index in [-0.39, 0.29) is 42.6 Å². The van der Waals surface area contributed by atoms with Gasteiger partial charge in [-0.2, -0.15) is 0 Å². The second kappa shape index (κ2) is 19.8. The van der Waals surface area contributed by atoms with Crippen LogP contribution in [-0.4, -0.2) is 95.8 Å². The van der Waals surface area contributed by atoms with Gasteiger partial charge in [0, 0.05) is 48.3 Å². The van der Waals surface area contributed by atoms with Crippen LogP contribution in [0.1, 0.15) is 112 Å². The summed E-state index contributed by atoms with van der Waals surface area (Å²) in [6.45, 7) is 3.64. The number of benzene rings is 3. The molecule has 344 valence electrons. The van der Waals surface area contributed by atoms with Gasteiger partial charge in [0.2, 0.25) is 17.7 Å². The number of ether oxygens (including phenoxy) is 2. The van der Waals surface area contributed by atoms with Gasteiger partial charge in [-0.1, -0.05) is 55.2 Å². The van der Waals surface area contributed by atoms with Crippen LogP contribution in [-0.2, 0) is 33.8 Å². The van der Waals surface area contributed by atoms with Gasteiger partial charge in [0.25, 0.3) is 23.6 Å². The van der Waals surface area contributed by atoms with Gasteiger partial charge in [-0.3, -0.25) is 39.0 Å². The summed E-state index contributed by atoms with van der Waals surface area (Å²) < 4.78 is 26.0. The van der Waals surface area contributed by atoms with Gasteiger partial charge in [0.05, 0.1) is 35.4 Å². The summed E-state index contributed by atoms with van der Waals surface area (Å²) in [6, 6.07) is 15.7. The number of fused-ring (bicyclic) bond motifs is 2. The number of carbonyl (C=O) groups is 6. The number of halogens is 1. The first-order valence-corrected chi connectivity index (χ1v) is 22.8. The van der Waals surface area contributed by atoms with Crippen LogP contribution in [0.4, 0.5) is 4.39 Å². The number of hydrogen-bond donors (Lipinski definition) is 3. The molecule has 3 fully saturated rings. The van der Waals surface area contributed by atoms with Crippen molar-refractivity contribution in [3.63, 3.8) is 0 Å². The first-order chi connectivity index (χ1) is 31.8. The summed E-state index contributed by atoms with van der Waals surface area (Å²) in [4.78, 5) is 83.2. The van der Waals surface area contributed by atoms with Crippen LogP contribution in [0.5, 0.6) is 11.6 Å². The summed E-state index contributed by atoms with van der Waals surface area (Å²) >= 11 is 0. The average Bonchev–Trinajstić information content (AvgIpc) is 3.73. The number of methoxy groups -OCH3 is 1. The van der Waals surface area contributed by atoms with E-state index in [0.29, 0.717) is 46.2 Å². The topological polar surface area (TPSA) is 190 Å². The minimum atomic E-state index is -1.59. The summed E-state index contributed by atoms with van der Waals surface area (Å²) in [5.74, 6) is 4.27. The lowest BCUT2D eigenvalue weighted by Crippen LogP contribution is -2.54. The number of nitrogens with two attached hydrogens (primary N) is 1. The zero-order valence-corrected chi connectivity index (χ0v) is 37.5. The molecule has 14 nitrogen and oxygen atoms in total. The second-order valence-electron chi connectivity index (χ2n) is 18.0. The van der Waals surface area contributed by atoms with Crippen LogP contribution in [0, 0.1) is 29.6 Å². The monoisotopic (exact) mass is 898 g/mol. The number of rotatable bonds is 15. The highest BCUT2D eigenvalue weighted by molar-refractivity contribution is 6.24. The number of nitrogens with one attached hydrogen (secondary N) is 2. The lowest BCUT2D eigenvalue weighted by atomic mass is 9.82. The van der Waals surface area contributed by atoms with Crippen LogP contribution in [0.3, 0.4) is 0 Å². The first kappa shape index (κ1) is 45.9. The molecule has 1 aliphatic carbocycles. The molecule has 15 heteroatoms. The highest BCUT2D eigenvalue weighted by Gasteiger charge is 2.45. The molecule has 6 amide bonds. The molecule has 4 aliphatic rings. The Kier molecular flexibility index (Phi) is 13.8. The number of imide groups is 2. The quantitative estimate of drug-likeness (QED) is 0.102. The molecule has 1 aromatic heterocycles. The summed E-state index contributed by atoms with van der Waals surface area (Å²) in [7, 11) is 3.59. The van der Waals surface area contributed by atoms with Crippen molar-refractivity contribution < 1.29 is 42.6 Å². The molecule has 4 atom stereocenters. The molecule has 1 saturated carbocycles. The molecule has 4 aromatic rings. The molecule has 4 heterocycles. The van der Waals surface area contributed by atoms with Gasteiger partial charge in [-0.15, -0.1) is 0 Å². The lowest BCUT2D eigenvalue weighted by molar-refractivity contribution is -0.136. The third-order valence-electron chi connectivity index (χ3n) is 13.5. The SMILES string of the molecule is CC[C@@H]1[C@H](F)C(=O)N[C@@H]1COc1ncc(C#CC2CCC(CN(C)Cc3ccc(CCCc4cccc5c4C(=O)N(C4CCC(=O)NC4=O)C5=O)cc3)CC2)c2cc(C(N)=O)c(OC)cc12. The average molecular weight is 899 g/mol. The van der Waals surface area contributed by atoms with Gasteiger partial charge in [-0.05, 0) is 106 Å². The second-order valence-corrected chi connectivity index (χ2v) is 18.0. The molecule has 3 aliphatic heterocycles.